The fourth-order valence-electron chi connectivity index (χ4n) is 4.25. The smallest absolute Gasteiger partial charge is 0.264 e. The topological polar surface area (TPSA) is 147 Å². The van der Waals surface area contributed by atoms with Gasteiger partial charge in [-0.15, -0.1) is 0 Å². The van der Waals surface area contributed by atoms with Gasteiger partial charge in [-0.3, -0.25) is 29.0 Å². The van der Waals surface area contributed by atoms with Crippen molar-refractivity contribution in [1.29, 1.82) is 0 Å². The van der Waals surface area contributed by atoms with Gasteiger partial charge in [0.05, 0.1) is 19.4 Å². The van der Waals surface area contributed by atoms with Crippen LogP contribution in [0.2, 0.25) is 0 Å². The highest BCUT2D eigenvalue weighted by atomic mass is 16.6. The van der Waals surface area contributed by atoms with Crippen molar-refractivity contribution in [2.24, 2.45) is 5.16 Å². The van der Waals surface area contributed by atoms with E-state index in [1.165, 1.54) is 32.4 Å². The molecule has 36 heavy (non-hydrogen) atoms. The highest BCUT2D eigenvalue weighted by molar-refractivity contribution is 6.00. The van der Waals surface area contributed by atoms with Crippen molar-refractivity contribution in [3.8, 4) is 5.75 Å². The Kier molecular flexibility index (Phi) is 8.98. The number of rotatable bonds is 9. The van der Waals surface area contributed by atoms with Crippen LogP contribution in [0.5, 0.6) is 5.75 Å². The van der Waals surface area contributed by atoms with E-state index >= 15 is 0 Å². The number of methoxy groups -OCH3 is 1. The molecule has 12 heteroatoms. The number of nitrogens with zero attached hydrogens (tertiary/aromatic N) is 3. The molecule has 2 fully saturated rings. The summed E-state index contributed by atoms with van der Waals surface area (Å²) in [4.78, 5) is 68.7. The second-order valence-corrected chi connectivity index (χ2v) is 8.61. The molecule has 2 aliphatic heterocycles. The monoisotopic (exact) mass is 501 g/mol. The normalized spacial score (nSPS) is 20.9. The number of benzene rings is 1. The van der Waals surface area contributed by atoms with Crippen LogP contribution in [-0.4, -0.2) is 84.5 Å². The summed E-state index contributed by atoms with van der Waals surface area (Å²) in [5, 5.41) is 11.5. The average molecular weight is 502 g/mol. The molecule has 0 unspecified atom stereocenters. The van der Waals surface area contributed by atoms with Crippen LogP contribution in [0.3, 0.4) is 0 Å². The molecule has 0 radical (unpaired) electrons. The van der Waals surface area contributed by atoms with E-state index in [0.717, 1.165) is 5.01 Å². The second-order valence-electron chi connectivity index (χ2n) is 8.61. The molecule has 1 aromatic carbocycles. The third-order valence-corrected chi connectivity index (χ3v) is 6.00. The minimum Gasteiger partial charge on any atom is -0.497 e. The predicted octanol–water partition coefficient (Wildman–Crippen LogP) is 0.418. The van der Waals surface area contributed by atoms with Gasteiger partial charge in [-0.05, 0) is 50.5 Å². The lowest BCUT2D eigenvalue weighted by Crippen LogP contribution is -2.64. The summed E-state index contributed by atoms with van der Waals surface area (Å²) in [5.74, 6) is -1.45. The van der Waals surface area contributed by atoms with Crippen LogP contribution in [0.15, 0.2) is 29.4 Å². The summed E-state index contributed by atoms with van der Waals surface area (Å²) in [6.07, 6.45) is 2.26. The lowest BCUT2D eigenvalue weighted by atomic mass is 10.0. The van der Waals surface area contributed by atoms with Crippen molar-refractivity contribution in [3.05, 3.63) is 29.8 Å². The molecule has 1 aromatic rings. The predicted molar refractivity (Wildman–Crippen MR) is 128 cm³/mol. The standard InChI is InChI=1S/C24H31N5O7/c1-15(30)13-17(14-25-36-3)26-23(33)20-5-4-12-28-21(31)11-10-19(24(34)29(20)28)27-22(32)16-6-8-18(35-2)9-7-16/h6-9,14,17,19-20H,4-5,10-13H2,1-3H3,(H,26,33)(H,27,32)/b25-14+/t17-,19-,20-/m0/s1. The Morgan fingerprint density at radius 3 is 2.53 bits per heavy atom. The Hall–Kier alpha value is -3.96. The van der Waals surface area contributed by atoms with Gasteiger partial charge in [0.2, 0.25) is 11.8 Å². The van der Waals surface area contributed by atoms with Gasteiger partial charge in [0, 0.05) is 24.9 Å². The number of oxime groups is 1. The Morgan fingerprint density at radius 2 is 1.89 bits per heavy atom. The zero-order valence-electron chi connectivity index (χ0n) is 20.6. The van der Waals surface area contributed by atoms with Gasteiger partial charge in [-0.1, -0.05) is 5.16 Å². The van der Waals surface area contributed by atoms with Gasteiger partial charge in [0.15, 0.2) is 0 Å². The number of hydrogen-bond donors (Lipinski definition) is 2. The molecule has 0 saturated carbocycles. The first kappa shape index (κ1) is 26.6. The molecule has 2 N–H and O–H groups in total. The third kappa shape index (κ3) is 6.37. The first-order valence-corrected chi connectivity index (χ1v) is 11.7. The molecule has 3 rings (SSSR count). The van der Waals surface area contributed by atoms with E-state index in [9.17, 15) is 24.0 Å². The quantitative estimate of drug-likeness (QED) is 0.368. The molecule has 0 bridgehead atoms. The van der Waals surface area contributed by atoms with Crippen LogP contribution in [0.4, 0.5) is 0 Å². The minimum atomic E-state index is -0.995. The molecular weight excluding hydrogens is 470 g/mol. The SMILES string of the molecule is CO/N=C/[C@H](CC(C)=O)NC(=O)[C@@H]1CCCN2C(=O)CC[C@H](NC(=O)c3ccc(OC)cc3)C(=O)N12. The molecule has 2 saturated heterocycles. The van der Waals surface area contributed by atoms with Gasteiger partial charge in [0.1, 0.15) is 30.7 Å². The second kappa shape index (κ2) is 12.1. The Labute approximate surface area is 208 Å². The molecule has 4 amide bonds. The number of carbonyl (C=O) groups excluding carboxylic acids is 5. The Balaban J connectivity index is 1.80. The third-order valence-electron chi connectivity index (χ3n) is 6.00. The lowest BCUT2D eigenvalue weighted by molar-refractivity contribution is -0.176. The number of hydrogen-bond acceptors (Lipinski definition) is 8. The molecule has 0 aromatic heterocycles. The van der Waals surface area contributed by atoms with Gasteiger partial charge >= 0.3 is 0 Å². The summed E-state index contributed by atoms with van der Waals surface area (Å²) in [7, 11) is 2.85. The zero-order valence-corrected chi connectivity index (χ0v) is 20.6. The number of fused-ring (bicyclic) bond motifs is 1. The molecule has 0 aliphatic carbocycles. The first-order chi connectivity index (χ1) is 17.2. The molecule has 12 nitrogen and oxygen atoms in total. The maximum atomic E-state index is 13.6. The van der Waals surface area contributed by atoms with Crippen LogP contribution in [0, 0.1) is 0 Å². The largest absolute Gasteiger partial charge is 0.497 e. The van der Waals surface area contributed by atoms with E-state index in [2.05, 4.69) is 20.6 Å². The maximum absolute atomic E-state index is 13.6. The minimum absolute atomic E-state index is 0.0115. The maximum Gasteiger partial charge on any atom is 0.264 e. The molecule has 2 aliphatic rings. The first-order valence-electron chi connectivity index (χ1n) is 11.7. The van der Waals surface area contributed by atoms with Crippen LogP contribution in [0.1, 0.15) is 49.4 Å². The lowest BCUT2D eigenvalue weighted by Gasteiger charge is -2.43. The number of hydrazine groups is 1. The number of ketones is 1. The molecule has 194 valence electrons. The van der Waals surface area contributed by atoms with E-state index in [4.69, 9.17) is 4.74 Å². The van der Waals surface area contributed by atoms with Gasteiger partial charge in [-0.25, -0.2) is 5.01 Å². The van der Waals surface area contributed by atoms with Crippen molar-refractivity contribution in [2.45, 2.75) is 57.2 Å². The highest BCUT2D eigenvalue weighted by Gasteiger charge is 2.44. The van der Waals surface area contributed by atoms with Gasteiger partial charge in [-0.2, -0.15) is 0 Å². The van der Waals surface area contributed by atoms with E-state index < -0.39 is 35.8 Å². The average Bonchev–Trinajstić information content (AvgIpc) is 2.99. The molecule has 0 spiro atoms. The van der Waals surface area contributed by atoms with Crippen molar-refractivity contribution >= 4 is 35.6 Å². The highest BCUT2D eigenvalue weighted by Crippen LogP contribution is 2.25. The summed E-state index contributed by atoms with van der Waals surface area (Å²) < 4.78 is 5.10. The number of Topliss-reactive ketones (excluding diaryl/α,β-unsaturated/α-hetero) is 1. The fourth-order valence-corrected chi connectivity index (χ4v) is 4.25. The number of ether oxygens (including phenoxy) is 1. The Bertz CT molecular complexity index is 1030. The fraction of sp³-hybridized carbons (Fsp3) is 0.500. The molecular formula is C24H31N5O7. The van der Waals surface area contributed by atoms with Gasteiger partial charge in [0.25, 0.3) is 11.8 Å². The molecule has 3 atom stereocenters. The van der Waals surface area contributed by atoms with Crippen molar-refractivity contribution < 1.29 is 33.5 Å². The van der Waals surface area contributed by atoms with Crippen molar-refractivity contribution in [3.63, 3.8) is 0 Å². The van der Waals surface area contributed by atoms with Gasteiger partial charge < -0.3 is 20.2 Å². The van der Waals surface area contributed by atoms with Crippen LogP contribution >= 0.6 is 0 Å². The van der Waals surface area contributed by atoms with E-state index in [0.29, 0.717) is 24.2 Å². The number of nitrogens with one attached hydrogen (secondary N) is 2. The zero-order chi connectivity index (χ0) is 26.2. The van der Waals surface area contributed by atoms with Crippen LogP contribution in [-0.2, 0) is 24.0 Å². The molecule has 2 heterocycles. The van der Waals surface area contributed by atoms with Crippen molar-refractivity contribution in [1.82, 2.24) is 20.7 Å². The summed E-state index contributed by atoms with van der Waals surface area (Å²) >= 11 is 0. The summed E-state index contributed by atoms with van der Waals surface area (Å²) in [6, 6.07) is 3.67. The van der Waals surface area contributed by atoms with Crippen LogP contribution < -0.4 is 15.4 Å². The summed E-state index contributed by atoms with van der Waals surface area (Å²) in [6.45, 7) is 1.67. The summed E-state index contributed by atoms with van der Waals surface area (Å²) in [5.41, 5.74) is 0.327. The van der Waals surface area contributed by atoms with E-state index in [1.807, 2.05) is 0 Å². The Morgan fingerprint density at radius 1 is 1.17 bits per heavy atom. The number of carbonyl (C=O) groups is 5. The van der Waals surface area contributed by atoms with E-state index in [-0.39, 0.29) is 37.5 Å². The van der Waals surface area contributed by atoms with E-state index in [1.54, 1.807) is 24.3 Å². The number of amides is 4. The van der Waals surface area contributed by atoms with Crippen molar-refractivity contribution in [2.75, 3.05) is 20.8 Å². The van der Waals surface area contributed by atoms with Crippen LogP contribution in [0.25, 0.3) is 0 Å².